The lowest BCUT2D eigenvalue weighted by Gasteiger charge is -2.29. The summed E-state index contributed by atoms with van der Waals surface area (Å²) in [6.45, 7) is 1.48. The second kappa shape index (κ2) is 17.0. The van der Waals surface area contributed by atoms with Crippen LogP contribution in [0.2, 0.25) is 5.02 Å². The predicted molar refractivity (Wildman–Crippen MR) is 193 cm³/mol. The van der Waals surface area contributed by atoms with Gasteiger partial charge in [-0.3, -0.25) is 9.69 Å². The average molecular weight is 735 g/mol. The van der Waals surface area contributed by atoms with Crippen molar-refractivity contribution in [3.63, 3.8) is 0 Å². The summed E-state index contributed by atoms with van der Waals surface area (Å²) in [5.74, 6) is -0.143. The molecule has 0 atom stereocenters. The van der Waals surface area contributed by atoms with Gasteiger partial charge in [0.05, 0.1) is 28.5 Å². The number of rotatable bonds is 15. The van der Waals surface area contributed by atoms with E-state index in [2.05, 4.69) is 4.90 Å². The van der Waals surface area contributed by atoms with Crippen LogP contribution in [-0.2, 0) is 34.0 Å². The summed E-state index contributed by atoms with van der Waals surface area (Å²) >= 11 is 6.34. The third-order valence-electron chi connectivity index (χ3n) is 8.52. The number of likely N-dealkylation sites (N-methyl/N-ethyl adjacent to an activating group) is 1. The number of alkyl halides is 3. The topological polar surface area (TPSA) is 66.9 Å². The van der Waals surface area contributed by atoms with Crippen molar-refractivity contribution in [3.05, 3.63) is 166 Å². The van der Waals surface area contributed by atoms with E-state index in [-0.39, 0.29) is 35.4 Å². The highest BCUT2D eigenvalue weighted by Crippen LogP contribution is 2.37. The molecular weight excluding hydrogens is 697 g/mol. The smallest absolute Gasteiger partial charge is 0.417 e. The quantitative estimate of drug-likeness (QED) is 0.101. The minimum absolute atomic E-state index is 0.0289. The van der Waals surface area contributed by atoms with Crippen LogP contribution in [0.1, 0.15) is 40.2 Å². The molecule has 0 fully saturated rings. The van der Waals surface area contributed by atoms with Gasteiger partial charge in [-0.15, -0.1) is 0 Å². The molecule has 0 spiro atoms. The van der Waals surface area contributed by atoms with Gasteiger partial charge in [-0.05, 0) is 59.0 Å². The number of nitrogens with zero attached hydrogens (tertiary/aromatic N) is 2. The molecule has 0 radical (unpaired) electrons. The molecule has 11 heteroatoms. The van der Waals surface area contributed by atoms with Crippen LogP contribution in [0.5, 0.6) is 5.75 Å². The minimum Gasteiger partial charge on any atom is -0.494 e. The van der Waals surface area contributed by atoms with Crippen LogP contribution in [0.15, 0.2) is 138 Å². The van der Waals surface area contributed by atoms with E-state index in [0.717, 1.165) is 21.5 Å². The summed E-state index contributed by atoms with van der Waals surface area (Å²) in [6.07, 6.45) is -4.19. The summed E-state index contributed by atoms with van der Waals surface area (Å²) in [4.78, 5) is 15.1. The fraction of sp³-hybridized carbons (Fsp3) is 0.225. The maximum Gasteiger partial charge on any atom is 0.417 e. The number of carbonyl (C=O) groups is 1. The van der Waals surface area contributed by atoms with Crippen molar-refractivity contribution >= 4 is 27.5 Å². The van der Waals surface area contributed by atoms with Crippen molar-refractivity contribution in [1.29, 1.82) is 0 Å². The van der Waals surface area contributed by atoms with E-state index < -0.39 is 27.7 Å². The molecule has 0 aliphatic rings. The first-order chi connectivity index (χ1) is 24.4. The van der Waals surface area contributed by atoms with E-state index >= 15 is 0 Å². The lowest BCUT2D eigenvalue weighted by molar-refractivity contribution is -0.137. The molecule has 0 unspecified atom stereocenters. The van der Waals surface area contributed by atoms with Crippen LogP contribution < -0.4 is 4.74 Å². The fourth-order valence-electron chi connectivity index (χ4n) is 5.82. The van der Waals surface area contributed by atoms with Gasteiger partial charge in [0, 0.05) is 32.6 Å². The average Bonchev–Trinajstić information content (AvgIpc) is 3.13. The molecule has 5 aromatic carbocycles. The van der Waals surface area contributed by atoms with Crippen molar-refractivity contribution in [2.75, 3.05) is 26.7 Å². The van der Waals surface area contributed by atoms with Crippen LogP contribution in [0.25, 0.3) is 0 Å². The number of ether oxygens (including phenoxy) is 1. The molecule has 0 N–H and O–H groups in total. The second-order valence-corrected chi connectivity index (χ2v) is 14.4. The Morgan fingerprint density at radius 1 is 0.804 bits per heavy atom. The number of benzene rings is 5. The molecule has 51 heavy (non-hydrogen) atoms. The molecule has 0 saturated heterocycles. The van der Waals surface area contributed by atoms with E-state index in [9.17, 15) is 26.4 Å². The zero-order valence-electron chi connectivity index (χ0n) is 28.0. The summed E-state index contributed by atoms with van der Waals surface area (Å²) in [7, 11) is -2.75. The monoisotopic (exact) mass is 734 g/mol. The van der Waals surface area contributed by atoms with Crippen molar-refractivity contribution in [2.45, 2.75) is 36.4 Å². The molecule has 0 aromatic heterocycles. The first-order valence-electron chi connectivity index (χ1n) is 16.4. The zero-order chi connectivity index (χ0) is 36.4. The van der Waals surface area contributed by atoms with Crippen molar-refractivity contribution < 1.29 is 31.1 Å². The van der Waals surface area contributed by atoms with Crippen LogP contribution in [0, 0.1) is 0 Å². The highest BCUT2D eigenvalue weighted by molar-refractivity contribution is 7.89. The number of carbonyl (C=O) groups excluding carboxylic acids is 1. The Morgan fingerprint density at radius 3 is 2.00 bits per heavy atom. The summed E-state index contributed by atoms with van der Waals surface area (Å²) in [5, 5.41) is -0.309. The Labute approximate surface area is 302 Å². The van der Waals surface area contributed by atoms with E-state index in [1.165, 1.54) is 25.2 Å². The third-order valence-corrected chi connectivity index (χ3v) is 10.8. The Kier molecular flexibility index (Phi) is 12.6. The molecule has 0 aliphatic heterocycles. The molecule has 0 heterocycles. The number of hydrogen-bond acceptors (Lipinski definition) is 5. The van der Waals surface area contributed by atoms with Gasteiger partial charge in [-0.2, -0.15) is 13.2 Å². The van der Waals surface area contributed by atoms with Crippen LogP contribution in [0.4, 0.5) is 13.2 Å². The Balaban J connectivity index is 1.28. The summed E-state index contributed by atoms with van der Waals surface area (Å²) in [6, 6.07) is 38.6. The van der Waals surface area contributed by atoms with Gasteiger partial charge >= 0.3 is 6.18 Å². The zero-order valence-corrected chi connectivity index (χ0v) is 29.5. The number of hydrogen-bond donors (Lipinski definition) is 0. The van der Waals surface area contributed by atoms with Gasteiger partial charge in [0.15, 0.2) is 0 Å². The number of halogens is 4. The van der Waals surface area contributed by atoms with Crippen molar-refractivity contribution in [1.82, 2.24) is 9.21 Å². The van der Waals surface area contributed by atoms with Crippen LogP contribution >= 0.6 is 11.6 Å². The third kappa shape index (κ3) is 10.00. The molecule has 0 saturated carbocycles. The number of sulfonamides is 1. The molecule has 5 aromatic rings. The van der Waals surface area contributed by atoms with E-state index in [1.807, 2.05) is 60.7 Å². The van der Waals surface area contributed by atoms with Crippen LogP contribution in [-0.4, -0.2) is 50.3 Å². The van der Waals surface area contributed by atoms with Crippen molar-refractivity contribution in [3.8, 4) is 5.75 Å². The van der Waals surface area contributed by atoms with E-state index in [1.54, 1.807) is 48.5 Å². The standard InChI is InChI=1S/C40H38ClF3N2O4S/c1-45(51(48,49)35-21-9-4-10-22-35)38(47)27-30-14-11-20-34(26-30)50-25-13-24-46(28-33-19-12-23-37(39(33)41)40(42,43)44)29-36(31-15-5-2-6-16-31)32-17-7-3-8-18-32/h2-12,14-23,26,36H,13,24-25,27-29H2,1H3. The SMILES string of the molecule is CN(C(=O)Cc1cccc(OCCCN(Cc2cccc(C(F)(F)F)c2Cl)CC(c2ccccc2)c2ccccc2)c1)S(=O)(=O)c1ccccc1. The van der Waals surface area contributed by atoms with Gasteiger partial charge in [0.25, 0.3) is 10.0 Å². The molecule has 1 amide bonds. The largest absolute Gasteiger partial charge is 0.494 e. The highest BCUT2D eigenvalue weighted by atomic mass is 35.5. The highest BCUT2D eigenvalue weighted by Gasteiger charge is 2.34. The van der Waals surface area contributed by atoms with Gasteiger partial charge in [0.1, 0.15) is 5.75 Å². The fourth-order valence-corrected chi connectivity index (χ4v) is 7.27. The van der Waals surface area contributed by atoms with Crippen molar-refractivity contribution in [2.24, 2.45) is 0 Å². The van der Waals surface area contributed by atoms with Gasteiger partial charge in [0.2, 0.25) is 5.91 Å². The predicted octanol–water partition coefficient (Wildman–Crippen LogP) is 8.85. The molecule has 0 bridgehead atoms. The van der Waals surface area contributed by atoms with Gasteiger partial charge in [-0.1, -0.05) is 115 Å². The van der Waals surface area contributed by atoms with Gasteiger partial charge in [-0.25, -0.2) is 12.7 Å². The Bertz CT molecular complexity index is 1960. The normalized spacial score (nSPS) is 11.9. The lowest BCUT2D eigenvalue weighted by Crippen LogP contribution is -2.34. The second-order valence-electron chi connectivity index (χ2n) is 12.1. The first-order valence-corrected chi connectivity index (χ1v) is 18.2. The maximum absolute atomic E-state index is 13.7. The molecular formula is C40H38ClF3N2O4S. The Hall–Kier alpha value is -4.64. The summed E-state index contributed by atoms with van der Waals surface area (Å²) < 4.78 is 73.8. The summed E-state index contributed by atoms with van der Waals surface area (Å²) in [5.41, 5.74) is 2.25. The Morgan fingerprint density at radius 2 is 1.39 bits per heavy atom. The van der Waals surface area contributed by atoms with E-state index in [0.29, 0.717) is 36.4 Å². The first kappa shape index (κ1) is 37.6. The van der Waals surface area contributed by atoms with Crippen LogP contribution in [0.3, 0.4) is 0 Å². The number of amides is 1. The maximum atomic E-state index is 13.7. The lowest BCUT2D eigenvalue weighted by atomic mass is 9.90. The van der Waals surface area contributed by atoms with Gasteiger partial charge < -0.3 is 4.74 Å². The molecule has 6 nitrogen and oxygen atoms in total. The minimum atomic E-state index is -4.58. The van der Waals surface area contributed by atoms with E-state index in [4.69, 9.17) is 16.3 Å². The molecule has 266 valence electrons. The molecule has 5 rings (SSSR count). The molecule has 0 aliphatic carbocycles.